The summed E-state index contributed by atoms with van der Waals surface area (Å²) in [6.45, 7) is 3.38. The molecule has 0 aliphatic carbocycles. The summed E-state index contributed by atoms with van der Waals surface area (Å²) >= 11 is 0. The Morgan fingerprint density at radius 2 is 1.60 bits per heavy atom. The number of hydrogen-bond donors (Lipinski definition) is 2. The molecular weight excluding hydrogens is 392 g/mol. The van der Waals surface area contributed by atoms with Gasteiger partial charge in [0.1, 0.15) is 6.29 Å². The SMILES string of the molecule is COc1cc(C=O)ccc1OCC(=O)NNC(=O)c1ccc(OC(C)C)c(OC)c1. The fourth-order valence-corrected chi connectivity index (χ4v) is 2.41. The molecule has 0 fully saturated rings. The second-order valence-electron chi connectivity index (χ2n) is 6.35. The van der Waals surface area contributed by atoms with Gasteiger partial charge < -0.3 is 18.9 Å². The van der Waals surface area contributed by atoms with Gasteiger partial charge in [0.25, 0.3) is 11.8 Å². The maximum Gasteiger partial charge on any atom is 0.276 e. The molecule has 2 amide bonds. The third kappa shape index (κ3) is 6.13. The molecule has 2 rings (SSSR count). The van der Waals surface area contributed by atoms with E-state index in [0.717, 1.165) is 0 Å². The number of carbonyl (C=O) groups is 3. The topological polar surface area (TPSA) is 112 Å². The van der Waals surface area contributed by atoms with Gasteiger partial charge in [-0.3, -0.25) is 25.2 Å². The van der Waals surface area contributed by atoms with Crippen LogP contribution in [0.1, 0.15) is 34.6 Å². The summed E-state index contributed by atoms with van der Waals surface area (Å²) in [5.74, 6) is 0.387. The zero-order chi connectivity index (χ0) is 22.1. The van der Waals surface area contributed by atoms with Gasteiger partial charge in [-0.25, -0.2) is 0 Å². The highest BCUT2D eigenvalue weighted by Crippen LogP contribution is 2.29. The minimum Gasteiger partial charge on any atom is -0.493 e. The van der Waals surface area contributed by atoms with E-state index in [1.807, 2.05) is 13.8 Å². The number of benzene rings is 2. The number of aldehydes is 1. The molecule has 0 heterocycles. The Kier molecular flexibility index (Phi) is 8.04. The number of nitrogens with one attached hydrogen (secondary N) is 2. The van der Waals surface area contributed by atoms with Crippen LogP contribution < -0.4 is 29.8 Å². The first-order chi connectivity index (χ1) is 14.4. The van der Waals surface area contributed by atoms with Gasteiger partial charge in [-0.15, -0.1) is 0 Å². The third-order valence-corrected chi connectivity index (χ3v) is 3.79. The van der Waals surface area contributed by atoms with E-state index in [2.05, 4.69) is 10.9 Å². The van der Waals surface area contributed by atoms with Crippen molar-refractivity contribution in [2.45, 2.75) is 20.0 Å². The molecule has 30 heavy (non-hydrogen) atoms. The monoisotopic (exact) mass is 416 g/mol. The lowest BCUT2D eigenvalue weighted by atomic mass is 10.2. The number of hydrazine groups is 1. The van der Waals surface area contributed by atoms with Gasteiger partial charge in [-0.05, 0) is 50.2 Å². The molecule has 9 heteroatoms. The lowest BCUT2D eigenvalue weighted by Gasteiger charge is -2.15. The highest BCUT2D eigenvalue weighted by Gasteiger charge is 2.14. The van der Waals surface area contributed by atoms with Crippen molar-refractivity contribution in [3.63, 3.8) is 0 Å². The molecule has 0 saturated heterocycles. The molecule has 2 aromatic carbocycles. The van der Waals surface area contributed by atoms with Crippen LogP contribution in [0, 0.1) is 0 Å². The van der Waals surface area contributed by atoms with Crippen LogP contribution in [0.15, 0.2) is 36.4 Å². The van der Waals surface area contributed by atoms with E-state index in [4.69, 9.17) is 18.9 Å². The van der Waals surface area contributed by atoms with Crippen LogP contribution >= 0.6 is 0 Å². The fourth-order valence-electron chi connectivity index (χ4n) is 2.41. The summed E-state index contributed by atoms with van der Waals surface area (Å²) < 4.78 is 21.3. The van der Waals surface area contributed by atoms with E-state index >= 15 is 0 Å². The average Bonchev–Trinajstić information content (AvgIpc) is 2.75. The van der Waals surface area contributed by atoms with E-state index in [-0.39, 0.29) is 24.0 Å². The highest BCUT2D eigenvalue weighted by atomic mass is 16.5. The number of amides is 2. The highest BCUT2D eigenvalue weighted by molar-refractivity contribution is 5.96. The van der Waals surface area contributed by atoms with Crippen molar-refractivity contribution in [1.29, 1.82) is 0 Å². The van der Waals surface area contributed by atoms with Crippen LogP contribution in [0.2, 0.25) is 0 Å². The molecule has 2 aromatic rings. The van der Waals surface area contributed by atoms with Gasteiger partial charge in [-0.2, -0.15) is 0 Å². The van der Waals surface area contributed by atoms with Crippen LogP contribution in [0.4, 0.5) is 0 Å². The first-order valence-corrected chi connectivity index (χ1v) is 9.07. The molecule has 0 aliphatic heterocycles. The Labute approximate surface area is 174 Å². The second-order valence-corrected chi connectivity index (χ2v) is 6.35. The van der Waals surface area contributed by atoms with E-state index in [0.29, 0.717) is 29.1 Å². The molecule has 0 aliphatic rings. The molecule has 9 nitrogen and oxygen atoms in total. The molecule has 0 aromatic heterocycles. The van der Waals surface area contributed by atoms with Crippen LogP contribution in [-0.4, -0.2) is 45.0 Å². The Bertz CT molecular complexity index is 912. The van der Waals surface area contributed by atoms with Crippen molar-refractivity contribution < 1.29 is 33.3 Å². The standard InChI is InChI=1S/C21H24N2O7/c1-13(2)30-17-8-6-15(10-19(17)28-4)21(26)23-22-20(25)12-29-16-7-5-14(11-24)9-18(16)27-3/h5-11,13H,12H2,1-4H3,(H,22,25)(H,23,26). The predicted octanol–water partition coefficient (Wildman–Crippen LogP) is 2.14. The maximum absolute atomic E-state index is 12.3. The predicted molar refractivity (Wildman–Crippen MR) is 108 cm³/mol. The molecule has 2 N–H and O–H groups in total. The van der Waals surface area contributed by atoms with Crippen LogP contribution in [0.5, 0.6) is 23.0 Å². The second kappa shape index (κ2) is 10.7. The summed E-state index contributed by atoms with van der Waals surface area (Å²) in [6, 6.07) is 9.22. The molecule has 0 radical (unpaired) electrons. The van der Waals surface area contributed by atoms with Crippen molar-refractivity contribution >= 4 is 18.1 Å². The van der Waals surface area contributed by atoms with Crippen molar-refractivity contribution in [3.05, 3.63) is 47.5 Å². The smallest absolute Gasteiger partial charge is 0.276 e. The Balaban J connectivity index is 1.92. The van der Waals surface area contributed by atoms with E-state index in [9.17, 15) is 14.4 Å². The van der Waals surface area contributed by atoms with Crippen LogP contribution in [0.25, 0.3) is 0 Å². The molecule has 0 saturated carbocycles. The van der Waals surface area contributed by atoms with E-state index < -0.39 is 11.8 Å². The molecular formula is C21H24N2O7. The molecule has 0 bridgehead atoms. The summed E-state index contributed by atoms with van der Waals surface area (Å²) in [5, 5.41) is 0. The van der Waals surface area contributed by atoms with Crippen LogP contribution in [-0.2, 0) is 4.79 Å². The van der Waals surface area contributed by atoms with E-state index in [1.165, 1.54) is 38.5 Å². The normalized spacial score (nSPS) is 10.2. The summed E-state index contributed by atoms with van der Waals surface area (Å²) in [6.07, 6.45) is 0.622. The van der Waals surface area contributed by atoms with Gasteiger partial charge in [0, 0.05) is 11.1 Å². The number of ether oxygens (including phenoxy) is 4. The molecule has 0 atom stereocenters. The average molecular weight is 416 g/mol. The zero-order valence-corrected chi connectivity index (χ0v) is 17.2. The Hall–Kier alpha value is -3.75. The quantitative estimate of drug-likeness (QED) is 0.476. The summed E-state index contributed by atoms with van der Waals surface area (Å²) in [4.78, 5) is 35.1. The molecule has 160 valence electrons. The largest absolute Gasteiger partial charge is 0.493 e. The number of rotatable bonds is 9. The van der Waals surface area contributed by atoms with Gasteiger partial charge in [0.05, 0.1) is 20.3 Å². The maximum atomic E-state index is 12.3. The first kappa shape index (κ1) is 22.5. The number of carbonyl (C=O) groups excluding carboxylic acids is 3. The Morgan fingerprint density at radius 3 is 2.23 bits per heavy atom. The lowest BCUT2D eigenvalue weighted by Crippen LogP contribution is -2.43. The van der Waals surface area contributed by atoms with Gasteiger partial charge in [0.15, 0.2) is 29.6 Å². The van der Waals surface area contributed by atoms with Gasteiger partial charge in [0.2, 0.25) is 0 Å². The molecule has 0 spiro atoms. The van der Waals surface area contributed by atoms with E-state index in [1.54, 1.807) is 12.1 Å². The summed E-state index contributed by atoms with van der Waals surface area (Å²) in [7, 11) is 2.89. The fraction of sp³-hybridized carbons (Fsp3) is 0.286. The van der Waals surface area contributed by atoms with Crippen molar-refractivity contribution in [1.82, 2.24) is 10.9 Å². The van der Waals surface area contributed by atoms with Crippen molar-refractivity contribution in [2.24, 2.45) is 0 Å². The molecule has 0 unspecified atom stereocenters. The van der Waals surface area contributed by atoms with Gasteiger partial charge >= 0.3 is 0 Å². The summed E-state index contributed by atoms with van der Waals surface area (Å²) in [5.41, 5.74) is 5.25. The zero-order valence-electron chi connectivity index (χ0n) is 17.2. The first-order valence-electron chi connectivity index (χ1n) is 9.07. The van der Waals surface area contributed by atoms with Crippen molar-refractivity contribution in [2.75, 3.05) is 20.8 Å². The minimum atomic E-state index is -0.586. The number of methoxy groups -OCH3 is 2. The minimum absolute atomic E-state index is 0.0499. The number of hydrogen-bond acceptors (Lipinski definition) is 7. The van der Waals surface area contributed by atoms with Gasteiger partial charge in [-0.1, -0.05) is 0 Å². The lowest BCUT2D eigenvalue weighted by molar-refractivity contribution is -0.123. The van der Waals surface area contributed by atoms with Crippen LogP contribution in [0.3, 0.4) is 0 Å². The Morgan fingerprint density at radius 1 is 0.933 bits per heavy atom. The third-order valence-electron chi connectivity index (χ3n) is 3.79. The van der Waals surface area contributed by atoms with Crippen molar-refractivity contribution in [3.8, 4) is 23.0 Å².